The number of carbonyl (C=O) groups is 2. The van der Waals surface area contributed by atoms with Gasteiger partial charge in [-0.25, -0.2) is 24.5 Å². The minimum absolute atomic E-state index is 0.0168. The normalized spacial score (nSPS) is 14.5. The first-order chi connectivity index (χ1) is 21.5. The molecule has 0 aliphatic carbocycles. The van der Waals surface area contributed by atoms with E-state index in [4.69, 9.17) is 33.9 Å². The van der Waals surface area contributed by atoms with Gasteiger partial charge in [0, 0.05) is 31.5 Å². The summed E-state index contributed by atoms with van der Waals surface area (Å²) in [5.41, 5.74) is 0.985. The second kappa shape index (κ2) is 15.5. The van der Waals surface area contributed by atoms with Crippen LogP contribution in [-0.2, 0) is 23.7 Å². The zero-order valence-corrected chi connectivity index (χ0v) is 26.4. The van der Waals surface area contributed by atoms with Crippen LogP contribution in [0.4, 0.5) is 10.6 Å². The van der Waals surface area contributed by atoms with Crippen molar-refractivity contribution >= 4 is 29.0 Å². The highest BCUT2D eigenvalue weighted by atomic mass is 16.6. The van der Waals surface area contributed by atoms with Crippen molar-refractivity contribution < 1.29 is 33.3 Å². The Morgan fingerprint density at radius 2 is 1.89 bits per heavy atom. The maximum atomic E-state index is 12.6. The predicted molar refractivity (Wildman–Crippen MR) is 164 cm³/mol. The first kappa shape index (κ1) is 33.4. The van der Waals surface area contributed by atoms with Crippen LogP contribution in [0.3, 0.4) is 0 Å². The molecular weight excluding hydrogens is 582 g/mol. The maximum absolute atomic E-state index is 12.6. The van der Waals surface area contributed by atoms with E-state index in [0.29, 0.717) is 47.3 Å². The van der Waals surface area contributed by atoms with Crippen molar-refractivity contribution in [3.63, 3.8) is 0 Å². The molecule has 0 unspecified atom stereocenters. The Balaban J connectivity index is 1.32. The molecule has 4 heterocycles. The molecule has 0 radical (unpaired) electrons. The predicted octanol–water partition coefficient (Wildman–Crippen LogP) is 3.77. The number of aromatic nitrogens is 4. The summed E-state index contributed by atoms with van der Waals surface area (Å²) in [6.45, 7) is 10.8. The lowest BCUT2D eigenvalue weighted by atomic mass is 10.1. The number of nitriles is 1. The monoisotopic (exact) mass is 623 g/mol. The van der Waals surface area contributed by atoms with Crippen LogP contribution in [0.5, 0.6) is 5.75 Å². The van der Waals surface area contributed by atoms with Crippen LogP contribution in [0.15, 0.2) is 30.7 Å². The summed E-state index contributed by atoms with van der Waals surface area (Å²) in [7, 11) is 0. The van der Waals surface area contributed by atoms with Crippen molar-refractivity contribution in [1.29, 1.82) is 5.26 Å². The van der Waals surface area contributed by atoms with E-state index in [0.717, 1.165) is 12.8 Å². The average molecular weight is 624 g/mol. The Labute approximate surface area is 262 Å². The standard InChI is InChI=1S/C31H41N7O7/c1-20(2)26(36-30(40)45-31(3,4)5)29(39)44-15-13-42-12-14-43-24-16-23-28(37-27(24)35-22-8-10-41-11-9-22)38(19-34-23)25-7-6-21(17-32)18-33-25/h6-7,16,18-20,22,26H,8-15H2,1-5H3,(H,35,37)(H,36,40)/t26-/m0/s1. The van der Waals surface area contributed by atoms with Gasteiger partial charge in [-0.05, 0) is 51.7 Å². The van der Waals surface area contributed by atoms with Crippen molar-refractivity contribution in [3.8, 4) is 17.6 Å². The first-order valence-electron chi connectivity index (χ1n) is 15.0. The number of imidazole rings is 1. The number of nitrogens with zero attached hydrogens (tertiary/aromatic N) is 5. The molecule has 14 heteroatoms. The van der Waals surface area contributed by atoms with Crippen molar-refractivity contribution in [2.75, 3.05) is 45.0 Å². The molecule has 1 amide bonds. The Kier molecular flexibility index (Phi) is 11.5. The van der Waals surface area contributed by atoms with Gasteiger partial charge in [-0.3, -0.25) is 4.57 Å². The minimum atomic E-state index is -0.844. The van der Waals surface area contributed by atoms with Crippen molar-refractivity contribution in [2.24, 2.45) is 5.92 Å². The summed E-state index contributed by atoms with van der Waals surface area (Å²) in [4.78, 5) is 38.4. The third-order valence-corrected chi connectivity index (χ3v) is 6.72. The maximum Gasteiger partial charge on any atom is 0.408 e. The lowest BCUT2D eigenvalue weighted by molar-refractivity contribution is -0.149. The summed E-state index contributed by atoms with van der Waals surface area (Å²) in [6.07, 6.45) is 4.13. The molecule has 0 saturated carbocycles. The number of amides is 1. The molecule has 1 atom stereocenters. The van der Waals surface area contributed by atoms with Gasteiger partial charge in [0.15, 0.2) is 17.2 Å². The molecule has 14 nitrogen and oxygen atoms in total. The first-order valence-corrected chi connectivity index (χ1v) is 15.0. The van der Waals surface area contributed by atoms with Gasteiger partial charge >= 0.3 is 12.1 Å². The van der Waals surface area contributed by atoms with Crippen LogP contribution in [-0.4, -0.2) is 88.9 Å². The molecular formula is C31H41N7O7. The van der Waals surface area contributed by atoms with Gasteiger partial charge in [0.1, 0.15) is 48.6 Å². The molecule has 45 heavy (non-hydrogen) atoms. The van der Waals surface area contributed by atoms with Gasteiger partial charge in [0.2, 0.25) is 0 Å². The largest absolute Gasteiger partial charge is 0.487 e. The second-order valence-electron chi connectivity index (χ2n) is 11.8. The number of pyridine rings is 2. The van der Waals surface area contributed by atoms with Crippen LogP contribution in [0.25, 0.3) is 17.0 Å². The highest BCUT2D eigenvalue weighted by Crippen LogP contribution is 2.29. The highest BCUT2D eigenvalue weighted by Gasteiger charge is 2.28. The number of alkyl carbamates (subject to hydrolysis) is 1. The number of anilines is 1. The average Bonchev–Trinajstić information content (AvgIpc) is 3.41. The smallest absolute Gasteiger partial charge is 0.408 e. The molecule has 1 aliphatic rings. The van der Waals surface area contributed by atoms with E-state index < -0.39 is 23.7 Å². The molecule has 0 aromatic carbocycles. The number of ether oxygens (including phenoxy) is 5. The summed E-state index contributed by atoms with van der Waals surface area (Å²) < 4.78 is 29.5. The molecule has 4 rings (SSSR count). The Morgan fingerprint density at radius 3 is 2.56 bits per heavy atom. The third kappa shape index (κ3) is 9.75. The van der Waals surface area contributed by atoms with E-state index >= 15 is 0 Å². The Bertz CT molecular complexity index is 1470. The number of fused-ring (bicyclic) bond motifs is 1. The number of esters is 1. The number of nitrogens with one attached hydrogen (secondary N) is 2. The summed E-state index contributed by atoms with van der Waals surface area (Å²) >= 11 is 0. The van der Waals surface area contributed by atoms with E-state index in [-0.39, 0.29) is 38.4 Å². The fourth-order valence-electron chi connectivity index (χ4n) is 4.47. The van der Waals surface area contributed by atoms with Crippen LogP contribution < -0.4 is 15.4 Å². The van der Waals surface area contributed by atoms with Gasteiger partial charge in [-0.1, -0.05) is 13.8 Å². The van der Waals surface area contributed by atoms with Crippen LogP contribution in [0.2, 0.25) is 0 Å². The zero-order valence-electron chi connectivity index (χ0n) is 26.4. The van der Waals surface area contributed by atoms with E-state index in [1.54, 1.807) is 43.8 Å². The van der Waals surface area contributed by atoms with Crippen LogP contribution in [0, 0.1) is 17.2 Å². The van der Waals surface area contributed by atoms with Gasteiger partial charge < -0.3 is 34.3 Å². The summed E-state index contributed by atoms with van der Waals surface area (Å²) in [5, 5.41) is 15.2. The van der Waals surface area contributed by atoms with E-state index in [9.17, 15) is 9.59 Å². The summed E-state index contributed by atoms with van der Waals surface area (Å²) in [6, 6.07) is 6.64. The number of hydrogen-bond acceptors (Lipinski definition) is 12. The number of hydrogen-bond donors (Lipinski definition) is 2. The SMILES string of the molecule is CC(C)[C@H](NC(=O)OC(C)(C)C)C(=O)OCCOCCOc1cc2ncn(-c3ccc(C#N)cn3)c2nc1NC1CCOCC1. The topological polar surface area (TPSA) is 172 Å². The molecule has 242 valence electrons. The van der Waals surface area contributed by atoms with E-state index in [2.05, 4.69) is 26.7 Å². The molecule has 1 fully saturated rings. The van der Waals surface area contributed by atoms with Crippen molar-refractivity contribution in [2.45, 2.75) is 65.1 Å². The number of carbonyl (C=O) groups excluding carboxylic acids is 2. The lowest BCUT2D eigenvalue weighted by Gasteiger charge is -2.24. The fourth-order valence-corrected chi connectivity index (χ4v) is 4.47. The van der Waals surface area contributed by atoms with Gasteiger partial charge in [0.05, 0.1) is 18.8 Å². The Morgan fingerprint density at radius 1 is 1.13 bits per heavy atom. The van der Waals surface area contributed by atoms with Gasteiger partial charge in [0.25, 0.3) is 0 Å². The quantitative estimate of drug-likeness (QED) is 0.209. The highest BCUT2D eigenvalue weighted by molar-refractivity contribution is 5.81. The molecule has 3 aromatic rings. The second-order valence-corrected chi connectivity index (χ2v) is 11.8. The lowest BCUT2D eigenvalue weighted by Crippen LogP contribution is -2.47. The summed E-state index contributed by atoms with van der Waals surface area (Å²) in [5.74, 6) is 0.922. The van der Waals surface area contributed by atoms with Crippen molar-refractivity contribution in [3.05, 3.63) is 36.3 Å². The zero-order chi connectivity index (χ0) is 32.4. The molecule has 0 bridgehead atoms. The van der Waals surface area contributed by atoms with E-state index in [1.807, 2.05) is 19.9 Å². The minimum Gasteiger partial charge on any atom is -0.487 e. The third-order valence-electron chi connectivity index (χ3n) is 6.72. The van der Waals surface area contributed by atoms with E-state index in [1.165, 1.54) is 6.20 Å². The van der Waals surface area contributed by atoms with Crippen LogP contribution >= 0.6 is 0 Å². The van der Waals surface area contributed by atoms with Gasteiger partial charge in [-0.2, -0.15) is 5.26 Å². The molecule has 2 N–H and O–H groups in total. The number of rotatable bonds is 13. The van der Waals surface area contributed by atoms with Gasteiger partial charge in [-0.15, -0.1) is 0 Å². The molecule has 3 aromatic heterocycles. The van der Waals surface area contributed by atoms with Crippen molar-refractivity contribution in [1.82, 2.24) is 24.8 Å². The van der Waals surface area contributed by atoms with Crippen LogP contribution in [0.1, 0.15) is 53.0 Å². The molecule has 1 aliphatic heterocycles. The fraction of sp³-hybridized carbons (Fsp3) is 0.548. The molecule has 0 spiro atoms. The molecule has 1 saturated heterocycles. The Hall–Kier alpha value is -4.48.